The van der Waals surface area contributed by atoms with Crippen molar-refractivity contribution in [3.05, 3.63) is 41.3 Å². The van der Waals surface area contributed by atoms with Crippen molar-refractivity contribution in [2.45, 2.75) is 24.9 Å². The van der Waals surface area contributed by atoms with Gasteiger partial charge in [0.1, 0.15) is 17.4 Å². The first-order valence-corrected chi connectivity index (χ1v) is 7.41. The lowest BCUT2D eigenvalue weighted by atomic mass is 9.99. The van der Waals surface area contributed by atoms with Crippen LogP contribution >= 0.6 is 11.8 Å². The molecule has 0 bridgehead atoms. The fourth-order valence-electron chi connectivity index (χ4n) is 1.89. The van der Waals surface area contributed by atoms with Gasteiger partial charge in [-0.3, -0.25) is 0 Å². The van der Waals surface area contributed by atoms with Crippen molar-refractivity contribution in [2.75, 3.05) is 6.26 Å². The van der Waals surface area contributed by atoms with E-state index in [-0.39, 0.29) is 11.7 Å². The van der Waals surface area contributed by atoms with Gasteiger partial charge in [0.05, 0.1) is 11.4 Å². The third-order valence-corrected chi connectivity index (χ3v) is 3.42. The lowest BCUT2D eigenvalue weighted by Gasteiger charge is -2.12. The van der Waals surface area contributed by atoms with Gasteiger partial charge in [0, 0.05) is 5.56 Å². The molecule has 1 aromatic carbocycles. The lowest BCUT2D eigenvalue weighted by molar-refractivity contribution is 0.628. The highest BCUT2D eigenvalue weighted by Crippen LogP contribution is 2.29. The molecule has 1 aromatic heterocycles. The quantitative estimate of drug-likeness (QED) is 0.632. The molecule has 0 atom stereocenters. The van der Waals surface area contributed by atoms with E-state index in [0.29, 0.717) is 16.4 Å². The van der Waals surface area contributed by atoms with E-state index in [2.05, 4.69) is 16.0 Å². The van der Waals surface area contributed by atoms with Gasteiger partial charge in [-0.1, -0.05) is 25.6 Å². The van der Waals surface area contributed by atoms with Crippen LogP contribution in [0.25, 0.3) is 11.3 Å². The van der Waals surface area contributed by atoms with Gasteiger partial charge >= 0.3 is 0 Å². The first kappa shape index (κ1) is 14.5. The molecule has 1 heterocycles. The molecule has 0 aliphatic heterocycles. The summed E-state index contributed by atoms with van der Waals surface area (Å²) >= 11 is 1.43. The molecule has 0 radical (unpaired) electrons. The molecule has 0 N–H and O–H groups in total. The molecule has 3 nitrogen and oxygen atoms in total. The Labute approximate surface area is 121 Å². The van der Waals surface area contributed by atoms with E-state index in [4.69, 9.17) is 0 Å². The van der Waals surface area contributed by atoms with Gasteiger partial charge in [0.25, 0.3) is 0 Å². The minimum Gasteiger partial charge on any atom is -0.226 e. The number of hydrogen-bond donors (Lipinski definition) is 0. The molecule has 0 aliphatic carbocycles. The third kappa shape index (κ3) is 2.81. The number of thioether (sulfide) groups is 1. The zero-order valence-electron chi connectivity index (χ0n) is 11.5. The molecular weight excluding hydrogens is 273 g/mol. The second-order valence-corrected chi connectivity index (χ2v) is 5.37. The molecule has 0 spiro atoms. The van der Waals surface area contributed by atoms with Crippen LogP contribution in [0.2, 0.25) is 0 Å². The van der Waals surface area contributed by atoms with Gasteiger partial charge < -0.3 is 0 Å². The van der Waals surface area contributed by atoms with Crippen LogP contribution in [-0.2, 0) is 0 Å². The van der Waals surface area contributed by atoms with Crippen molar-refractivity contribution in [2.24, 2.45) is 0 Å². The van der Waals surface area contributed by atoms with E-state index in [0.717, 1.165) is 11.3 Å². The van der Waals surface area contributed by atoms with Gasteiger partial charge in [-0.05, 0) is 36.4 Å². The fraction of sp³-hybridized carbons (Fsp3) is 0.267. The van der Waals surface area contributed by atoms with Crippen molar-refractivity contribution in [1.29, 1.82) is 5.26 Å². The number of nitriles is 1. The van der Waals surface area contributed by atoms with Crippen LogP contribution in [0.1, 0.15) is 31.0 Å². The molecule has 20 heavy (non-hydrogen) atoms. The number of hydrogen-bond acceptors (Lipinski definition) is 4. The Morgan fingerprint density at radius 3 is 2.35 bits per heavy atom. The SMILES string of the molecule is CSc1nc(-c2ccc(F)cc2)c(C#N)c(C(C)C)n1. The Morgan fingerprint density at radius 1 is 1.20 bits per heavy atom. The van der Waals surface area contributed by atoms with Crippen LogP contribution in [0.3, 0.4) is 0 Å². The highest BCUT2D eigenvalue weighted by molar-refractivity contribution is 7.98. The number of aromatic nitrogens is 2. The topological polar surface area (TPSA) is 49.6 Å². The maximum Gasteiger partial charge on any atom is 0.188 e. The summed E-state index contributed by atoms with van der Waals surface area (Å²) in [6.45, 7) is 3.98. The van der Waals surface area contributed by atoms with Crippen molar-refractivity contribution in [3.63, 3.8) is 0 Å². The van der Waals surface area contributed by atoms with Crippen LogP contribution in [0.5, 0.6) is 0 Å². The van der Waals surface area contributed by atoms with Crippen LogP contribution < -0.4 is 0 Å². The molecule has 0 aliphatic rings. The summed E-state index contributed by atoms with van der Waals surface area (Å²) in [5.74, 6) is -0.187. The second kappa shape index (κ2) is 6.02. The van der Waals surface area contributed by atoms with Crippen molar-refractivity contribution in [1.82, 2.24) is 9.97 Å². The van der Waals surface area contributed by atoms with Crippen LogP contribution in [0.4, 0.5) is 4.39 Å². The highest BCUT2D eigenvalue weighted by atomic mass is 32.2. The third-order valence-electron chi connectivity index (χ3n) is 2.88. The average Bonchev–Trinajstić information content (AvgIpc) is 2.46. The molecule has 0 saturated carbocycles. The van der Waals surface area contributed by atoms with E-state index < -0.39 is 0 Å². The zero-order chi connectivity index (χ0) is 14.7. The standard InChI is InChI=1S/C15H14FN3S/c1-9(2)13-12(8-17)14(19-15(18-13)20-3)10-4-6-11(16)7-5-10/h4-7,9H,1-3H3. The van der Waals surface area contributed by atoms with E-state index >= 15 is 0 Å². The van der Waals surface area contributed by atoms with E-state index in [1.807, 2.05) is 20.1 Å². The Bertz CT molecular complexity index is 660. The van der Waals surface area contributed by atoms with Gasteiger partial charge in [-0.15, -0.1) is 0 Å². The summed E-state index contributed by atoms with van der Waals surface area (Å²) in [5, 5.41) is 10.0. The Hall–Kier alpha value is -1.93. The summed E-state index contributed by atoms with van der Waals surface area (Å²) in [6, 6.07) is 8.18. The molecule has 102 valence electrons. The molecule has 0 saturated heterocycles. The van der Waals surface area contributed by atoms with Crippen LogP contribution in [0, 0.1) is 17.1 Å². The summed E-state index contributed by atoms with van der Waals surface area (Å²) in [7, 11) is 0. The van der Waals surface area contributed by atoms with Gasteiger partial charge in [-0.25, -0.2) is 14.4 Å². The summed E-state index contributed by atoms with van der Waals surface area (Å²) < 4.78 is 13.0. The minimum absolute atomic E-state index is 0.123. The molecule has 5 heteroatoms. The van der Waals surface area contributed by atoms with Crippen LogP contribution in [0.15, 0.2) is 29.4 Å². The predicted octanol–water partition coefficient (Wildman–Crippen LogP) is 4.00. The number of rotatable bonds is 3. The van der Waals surface area contributed by atoms with E-state index in [9.17, 15) is 9.65 Å². The van der Waals surface area contributed by atoms with Crippen molar-refractivity contribution in [3.8, 4) is 17.3 Å². The van der Waals surface area contributed by atoms with E-state index in [1.165, 1.54) is 23.9 Å². The predicted molar refractivity (Wildman–Crippen MR) is 78.0 cm³/mol. The lowest BCUT2D eigenvalue weighted by Crippen LogP contribution is -2.04. The summed E-state index contributed by atoms with van der Waals surface area (Å²) in [4.78, 5) is 8.83. The fourth-order valence-corrected chi connectivity index (χ4v) is 2.26. The largest absolute Gasteiger partial charge is 0.226 e. The molecule has 0 fully saturated rings. The first-order chi connectivity index (χ1) is 9.56. The molecule has 2 rings (SSSR count). The second-order valence-electron chi connectivity index (χ2n) is 4.59. The number of benzene rings is 1. The molecular formula is C15H14FN3S. The van der Waals surface area contributed by atoms with Gasteiger partial charge in [0.2, 0.25) is 0 Å². The summed E-state index contributed by atoms with van der Waals surface area (Å²) in [5.41, 5.74) is 2.48. The van der Waals surface area contributed by atoms with Gasteiger partial charge in [-0.2, -0.15) is 5.26 Å². The Morgan fingerprint density at radius 2 is 1.85 bits per heavy atom. The molecule has 2 aromatic rings. The first-order valence-electron chi connectivity index (χ1n) is 6.18. The highest BCUT2D eigenvalue weighted by Gasteiger charge is 2.17. The maximum absolute atomic E-state index is 13.0. The van der Waals surface area contributed by atoms with Crippen LogP contribution in [-0.4, -0.2) is 16.2 Å². The Balaban J connectivity index is 2.70. The molecule has 0 amide bonds. The monoisotopic (exact) mass is 287 g/mol. The normalized spacial score (nSPS) is 10.6. The number of halogens is 1. The van der Waals surface area contributed by atoms with Crippen molar-refractivity contribution < 1.29 is 4.39 Å². The zero-order valence-corrected chi connectivity index (χ0v) is 12.3. The summed E-state index contributed by atoms with van der Waals surface area (Å²) in [6.07, 6.45) is 1.89. The maximum atomic E-state index is 13.0. The van der Waals surface area contributed by atoms with Gasteiger partial charge in [0.15, 0.2) is 5.16 Å². The molecule has 0 unspecified atom stereocenters. The number of nitrogens with zero attached hydrogens (tertiary/aromatic N) is 3. The van der Waals surface area contributed by atoms with E-state index in [1.54, 1.807) is 12.1 Å². The minimum atomic E-state index is -0.310. The smallest absolute Gasteiger partial charge is 0.188 e. The average molecular weight is 287 g/mol. The van der Waals surface area contributed by atoms with Crippen molar-refractivity contribution >= 4 is 11.8 Å². The Kier molecular flexibility index (Phi) is 4.35.